The molecule has 0 heterocycles. The molecule has 0 spiro atoms. The van der Waals surface area contributed by atoms with Gasteiger partial charge >= 0.3 is 5.97 Å². The van der Waals surface area contributed by atoms with E-state index in [0.717, 1.165) is 6.42 Å². The summed E-state index contributed by atoms with van der Waals surface area (Å²) >= 11 is 0. The van der Waals surface area contributed by atoms with Gasteiger partial charge in [0.2, 0.25) is 6.29 Å². The van der Waals surface area contributed by atoms with Crippen LogP contribution in [0.2, 0.25) is 0 Å². The van der Waals surface area contributed by atoms with Gasteiger partial charge in [-0.3, -0.25) is 0 Å². The van der Waals surface area contributed by atoms with E-state index in [1.54, 1.807) is 18.2 Å². The summed E-state index contributed by atoms with van der Waals surface area (Å²) in [4.78, 5) is 10.9. The van der Waals surface area contributed by atoms with Crippen molar-refractivity contribution in [1.82, 2.24) is 0 Å². The number of carbonyl (C=O) groups excluding carboxylic acids is 1. The standard InChI is InChI=1S/C10H16O3/c1-3-5-6-8-10(12)13-9(11)7-4-2/h3,5-6,8-9,11H,4,7H2,1-2H3/b5-3+,8-6+. The Labute approximate surface area is 78.7 Å². The van der Waals surface area contributed by atoms with Crippen molar-refractivity contribution in [3.05, 3.63) is 24.3 Å². The van der Waals surface area contributed by atoms with Crippen LogP contribution in [-0.4, -0.2) is 17.4 Å². The first-order valence-corrected chi connectivity index (χ1v) is 4.38. The van der Waals surface area contributed by atoms with E-state index in [1.807, 2.05) is 13.8 Å². The Morgan fingerprint density at radius 3 is 2.77 bits per heavy atom. The van der Waals surface area contributed by atoms with Gasteiger partial charge in [-0.2, -0.15) is 0 Å². The maximum Gasteiger partial charge on any atom is 0.333 e. The molecule has 0 aliphatic heterocycles. The summed E-state index contributed by atoms with van der Waals surface area (Å²) in [5.41, 5.74) is 0. The van der Waals surface area contributed by atoms with Gasteiger partial charge in [0.1, 0.15) is 0 Å². The van der Waals surface area contributed by atoms with Gasteiger partial charge in [0, 0.05) is 12.5 Å². The van der Waals surface area contributed by atoms with Crippen molar-refractivity contribution in [2.75, 3.05) is 0 Å². The van der Waals surface area contributed by atoms with Crippen LogP contribution in [0.4, 0.5) is 0 Å². The quantitative estimate of drug-likeness (QED) is 0.306. The van der Waals surface area contributed by atoms with E-state index in [4.69, 9.17) is 5.11 Å². The number of hydrogen-bond donors (Lipinski definition) is 1. The topological polar surface area (TPSA) is 46.5 Å². The molecule has 3 heteroatoms. The molecule has 0 fully saturated rings. The zero-order chi connectivity index (χ0) is 10.1. The molecular formula is C10H16O3. The molecule has 0 amide bonds. The molecule has 0 bridgehead atoms. The molecule has 3 nitrogen and oxygen atoms in total. The predicted octanol–water partition coefficient (Wildman–Crippen LogP) is 1.78. The molecule has 1 atom stereocenters. The van der Waals surface area contributed by atoms with Gasteiger partial charge < -0.3 is 9.84 Å². The maximum atomic E-state index is 10.9. The number of carbonyl (C=O) groups is 1. The van der Waals surface area contributed by atoms with Gasteiger partial charge in [-0.1, -0.05) is 31.6 Å². The summed E-state index contributed by atoms with van der Waals surface area (Å²) in [7, 11) is 0. The lowest BCUT2D eigenvalue weighted by Crippen LogP contribution is -2.15. The fraction of sp³-hybridized carbons (Fsp3) is 0.500. The van der Waals surface area contributed by atoms with Crippen molar-refractivity contribution < 1.29 is 14.6 Å². The number of aliphatic hydroxyl groups is 1. The van der Waals surface area contributed by atoms with Crippen LogP contribution < -0.4 is 0 Å². The SMILES string of the molecule is C/C=C/C=C/C(=O)OC(O)CCC. The van der Waals surface area contributed by atoms with Gasteiger partial charge in [0.05, 0.1) is 0 Å². The lowest BCUT2D eigenvalue weighted by Gasteiger charge is -2.08. The van der Waals surface area contributed by atoms with Crippen molar-refractivity contribution in [3.8, 4) is 0 Å². The lowest BCUT2D eigenvalue weighted by atomic mass is 10.3. The highest BCUT2D eigenvalue weighted by Crippen LogP contribution is 1.98. The van der Waals surface area contributed by atoms with Crippen molar-refractivity contribution in [1.29, 1.82) is 0 Å². The lowest BCUT2D eigenvalue weighted by molar-refractivity contribution is -0.162. The minimum absolute atomic E-state index is 0.475. The fourth-order valence-electron chi connectivity index (χ4n) is 0.724. The van der Waals surface area contributed by atoms with Crippen molar-refractivity contribution in [3.63, 3.8) is 0 Å². The molecule has 1 unspecified atom stereocenters. The summed E-state index contributed by atoms with van der Waals surface area (Å²) in [6, 6.07) is 0. The average Bonchev–Trinajstić information content (AvgIpc) is 2.05. The minimum atomic E-state index is -0.979. The van der Waals surface area contributed by atoms with Crippen LogP contribution in [0.15, 0.2) is 24.3 Å². The van der Waals surface area contributed by atoms with Gasteiger partial charge in [-0.25, -0.2) is 4.79 Å². The Balaban J connectivity index is 3.73. The summed E-state index contributed by atoms with van der Waals surface area (Å²) in [6.07, 6.45) is 6.64. The van der Waals surface area contributed by atoms with Crippen LogP contribution in [0.25, 0.3) is 0 Å². The minimum Gasteiger partial charge on any atom is -0.433 e. The largest absolute Gasteiger partial charge is 0.433 e. The van der Waals surface area contributed by atoms with Crippen LogP contribution in [0, 0.1) is 0 Å². The van der Waals surface area contributed by atoms with Crippen LogP contribution in [0.3, 0.4) is 0 Å². The van der Waals surface area contributed by atoms with Crippen molar-refractivity contribution in [2.45, 2.75) is 33.0 Å². The van der Waals surface area contributed by atoms with Gasteiger partial charge in [-0.15, -0.1) is 0 Å². The summed E-state index contributed by atoms with van der Waals surface area (Å²) in [6.45, 7) is 3.76. The number of esters is 1. The summed E-state index contributed by atoms with van der Waals surface area (Å²) < 4.78 is 4.63. The first-order valence-electron chi connectivity index (χ1n) is 4.38. The molecule has 0 aliphatic rings. The molecule has 0 aliphatic carbocycles. The van der Waals surface area contributed by atoms with E-state index in [1.165, 1.54) is 6.08 Å². The molecule has 0 saturated carbocycles. The molecule has 0 rings (SSSR count). The third kappa shape index (κ3) is 7.28. The van der Waals surface area contributed by atoms with Crippen LogP contribution in [0.1, 0.15) is 26.7 Å². The average molecular weight is 184 g/mol. The first kappa shape index (κ1) is 11.9. The maximum absolute atomic E-state index is 10.9. The number of rotatable bonds is 5. The second kappa shape index (κ2) is 7.55. The van der Waals surface area contributed by atoms with Gasteiger partial charge in [0.15, 0.2) is 0 Å². The third-order valence-electron chi connectivity index (χ3n) is 1.32. The van der Waals surface area contributed by atoms with Crippen LogP contribution in [0.5, 0.6) is 0 Å². The van der Waals surface area contributed by atoms with E-state index in [-0.39, 0.29) is 0 Å². The number of ether oxygens (including phenoxy) is 1. The van der Waals surface area contributed by atoms with E-state index >= 15 is 0 Å². The Morgan fingerprint density at radius 2 is 2.23 bits per heavy atom. The molecule has 0 aromatic rings. The molecule has 1 N–H and O–H groups in total. The molecule has 13 heavy (non-hydrogen) atoms. The second-order valence-electron chi connectivity index (χ2n) is 2.57. The molecule has 0 aromatic carbocycles. The zero-order valence-electron chi connectivity index (χ0n) is 8.06. The zero-order valence-corrected chi connectivity index (χ0v) is 8.06. The van der Waals surface area contributed by atoms with Crippen LogP contribution >= 0.6 is 0 Å². The molecule has 0 aromatic heterocycles. The van der Waals surface area contributed by atoms with E-state index < -0.39 is 12.3 Å². The Kier molecular flexibility index (Phi) is 6.92. The van der Waals surface area contributed by atoms with E-state index in [2.05, 4.69) is 4.74 Å². The highest BCUT2D eigenvalue weighted by Gasteiger charge is 2.05. The van der Waals surface area contributed by atoms with E-state index in [9.17, 15) is 4.79 Å². The Morgan fingerprint density at radius 1 is 1.54 bits per heavy atom. The fourth-order valence-corrected chi connectivity index (χ4v) is 0.724. The molecule has 74 valence electrons. The Bertz CT molecular complexity index is 194. The Hall–Kier alpha value is -1.09. The highest BCUT2D eigenvalue weighted by atomic mass is 16.6. The van der Waals surface area contributed by atoms with Crippen molar-refractivity contribution in [2.24, 2.45) is 0 Å². The van der Waals surface area contributed by atoms with Gasteiger partial charge in [-0.05, 0) is 6.92 Å². The molecule has 0 radical (unpaired) electrons. The number of aliphatic hydroxyl groups excluding tert-OH is 1. The summed E-state index contributed by atoms with van der Waals surface area (Å²) in [5, 5.41) is 9.08. The normalized spacial score (nSPS) is 13.8. The smallest absolute Gasteiger partial charge is 0.333 e. The van der Waals surface area contributed by atoms with Crippen molar-refractivity contribution >= 4 is 5.97 Å². The predicted molar refractivity (Wildman–Crippen MR) is 51.0 cm³/mol. The molecular weight excluding hydrogens is 168 g/mol. The monoisotopic (exact) mass is 184 g/mol. The number of allylic oxidation sites excluding steroid dienone is 3. The molecule has 0 saturated heterocycles. The van der Waals surface area contributed by atoms with Crippen LogP contribution in [-0.2, 0) is 9.53 Å². The highest BCUT2D eigenvalue weighted by molar-refractivity contribution is 5.82. The van der Waals surface area contributed by atoms with E-state index in [0.29, 0.717) is 6.42 Å². The van der Waals surface area contributed by atoms with Gasteiger partial charge in [0.25, 0.3) is 0 Å². The first-order chi connectivity index (χ1) is 6.20. The third-order valence-corrected chi connectivity index (χ3v) is 1.32. The second-order valence-corrected chi connectivity index (χ2v) is 2.57. The summed E-state index contributed by atoms with van der Waals surface area (Å²) in [5.74, 6) is -0.515. The number of hydrogen-bond acceptors (Lipinski definition) is 3.